The molecule has 0 aromatic carbocycles. The van der Waals surface area contributed by atoms with Gasteiger partial charge in [-0.2, -0.15) is 0 Å². The molecule has 1 atom stereocenters. The molecule has 0 aliphatic carbocycles. The number of tetrazole rings is 1. The van der Waals surface area contributed by atoms with E-state index in [0.29, 0.717) is 5.82 Å². The molecule has 17 heavy (non-hydrogen) atoms. The van der Waals surface area contributed by atoms with Gasteiger partial charge in [-0.25, -0.2) is 4.68 Å². The lowest BCUT2D eigenvalue weighted by atomic mass is 10.2. The highest BCUT2D eigenvalue weighted by Gasteiger charge is 2.17. The van der Waals surface area contributed by atoms with Gasteiger partial charge in [0, 0.05) is 10.9 Å². The summed E-state index contributed by atoms with van der Waals surface area (Å²) in [6.07, 6.45) is -0.000725. The summed E-state index contributed by atoms with van der Waals surface area (Å²) >= 11 is 3.82. The Bertz CT molecular complexity index is 539. The molecule has 0 saturated carbocycles. The van der Waals surface area contributed by atoms with Crippen molar-refractivity contribution in [3.8, 4) is 11.4 Å². The molecule has 2 aromatic rings. The number of thiophene rings is 1. The van der Waals surface area contributed by atoms with Crippen LogP contribution in [0.2, 0.25) is 0 Å². The minimum Gasteiger partial charge on any atom is -0.481 e. The topological polar surface area (TPSA) is 80.9 Å². The normalized spacial score (nSPS) is 12.6. The summed E-state index contributed by atoms with van der Waals surface area (Å²) < 4.78 is 2.68. The summed E-state index contributed by atoms with van der Waals surface area (Å²) in [7, 11) is 0. The van der Waals surface area contributed by atoms with Crippen LogP contribution in [0.3, 0.4) is 0 Å². The number of carboxylic acid groups (broad SMARTS) is 1. The maximum Gasteiger partial charge on any atom is 0.305 e. The Balaban J connectivity index is 2.31. The van der Waals surface area contributed by atoms with E-state index in [-0.39, 0.29) is 12.5 Å². The average molecular weight is 364 g/mol. The van der Waals surface area contributed by atoms with Gasteiger partial charge in [0.2, 0.25) is 0 Å². The fourth-order valence-electron chi connectivity index (χ4n) is 1.45. The lowest BCUT2D eigenvalue weighted by Gasteiger charge is -2.09. The second-order valence-corrected chi connectivity index (χ2v) is 6.34. The quantitative estimate of drug-likeness (QED) is 0.840. The molecule has 0 saturated heterocycles. The fraction of sp³-hybridized carbons (Fsp3) is 0.333. The van der Waals surface area contributed by atoms with Crippen molar-refractivity contribution < 1.29 is 9.90 Å². The number of carboxylic acids is 1. The number of hydrogen-bond donors (Lipinski definition) is 1. The van der Waals surface area contributed by atoms with Gasteiger partial charge in [-0.15, -0.1) is 16.4 Å². The molecule has 0 fully saturated rings. The van der Waals surface area contributed by atoms with E-state index in [1.807, 2.05) is 11.4 Å². The molecule has 0 aliphatic rings. The molecule has 0 radical (unpaired) electrons. The van der Waals surface area contributed by atoms with Gasteiger partial charge in [0.25, 0.3) is 0 Å². The number of rotatable bonds is 4. The average Bonchev–Trinajstić information content (AvgIpc) is 2.83. The minimum absolute atomic E-state index is 0.000725. The van der Waals surface area contributed by atoms with Crippen LogP contribution in [0, 0.1) is 2.88 Å². The van der Waals surface area contributed by atoms with E-state index in [0.717, 1.165) is 8.45 Å². The van der Waals surface area contributed by atoms with Gasteiger partial charge >= 0.3 is 5.97 Å². The lowest BCUT2D eigenvalue weighted by Crippen LogP contribution is -2.13. The molecular weight excluding hydrogens is 355 g/mol. The summed E-state index contributed by atoms with van der Waals surface area (Å²) in [5.74, 6) is -0.253. The number of carbonyl (C=O) groups is 1. The van der Waals surface area contributed by atoms with Gasteiger partial charge in [0.05, 0.1) is 15.3 Å². The first kappa shape index (κ1) is 12.4. The van der Waals surface area contributed by atoms with Gasteiger partial charge in [-0.1, -0.05) is 0 Å². The molecule has 2 heterocycles. The summed E-state index contributed by atoms with van der Waals surface area (Å²) in [5, 5.41) is 22.1. The molecular formula is C9H9IN4O2S. The van der Waals surface area contributed by atoms with E-state index in [2.05, 4.69) is 38.1 Å². The zero-order chi connectivity index (χ0) is 12.4. The van der Waals surface area contributed by atoms with Crippen LogP contribution in [0.25, 0.3) is 11.4 Å². The van der Waals surface area contributed by atoms with Gasteiger partial charge in [-0.3, -0.25) is 4.79 Å². The van der Waals surface area contributed by atoms with E-state index >= 15 is 0 Å². The third kappa shape index (κ3) is 2.80. The molecule has 6 nitrogen and oxygen atoms in total. The molecule has 0 aliphatic heterocycles. The second kappa shape index (κ2) is 5.08. The predicted molar refractivity (Wildman–Crippen MR) is 70.8 cm³/mol. The van der Waals surface area contributed by atoms with Crippen molar-refractivity contribution in [1.29, 1.82) is 0 Å². The monoisotopic (exact) mass is 364 g/mol. The van der Waals surface area contributed by atoms with Gasteiger partial charge in [0.1, 0.15) is 0 Å². The summed E-state index contributed by atoms with van der Waals surface area (Å²) in [5.41, 5.74) is 0.918. The zero-order valence-corrected chi connectivity index (χ0v) is 11.8. The number of nitrogens with zero attached hydrogens (tertiary/aromatic N) is 4. The number of hydrogen-bond acceptors (Lipinski definition) is 5. The molecule has 0 amide bonds. The molecule has 2 aromatic heterocycles. The second-order valence-electron chi connectivity index (χ2n) is 3.53. The first-order valence-corrected chi connectivity index (χ1v) is 6.78. The van der Waals surface area contributed by atoms with Crippen LogP contribution in [-0.2, 0) is 4.79 Å². The molecule has 0 spiro atoms. The van der Waals surface area contributed by atoms with Crippen molar-refractivity contribution >= 4 is 39.9 Å². The zero-order valence-electron chi connectivity index (χ0n) is 8.87. The first-order valence-electron chi connectivity index (χ1n) is 4.82. The third-order valence-electron chi connectivity index (χ3n) is 2.21. The van der Waals surface area contributed by atoms with Crippen LogP contribution in [0.15, 0.2) is 11.4 Å². The fourth-order valence-corrected chi connectivity index (χ4v) is 2.77. The Labute approximate surface area is 115 Å². The molecule has 90 valence electrons. The Morgan fingerprint density at radius 2 is 2.47 bits per heavy atom. The maximum absolute atomic E-state index is 10.7. The van der Waals surface area contributed by atoms with Crippen LogP contribution in [0.5, 0.6) is 0 Å². The van der Waals surface area contributed by atoms with E-state index in [9.17, 15) is 4.79 Å². The highest BCUT2D eigenvalue weighted by Crippen LogP contribution is 2.26. The summed E-state index contributed by atoms with van der Waals surface area (Å²) in [4.78, 5) is 10.7. The largest absolute Gasteiger partial charge is 0.481 e. The van der Waals surface area contributed by atoms with Crippen molar-refractivity contribution in [2.75, 3.05) is 0 Å². The predicted octanol–water partition coefficient (Wildman–Crippen LogP) is 2.04. The van der Waals surface area contributed by atoms with Crippen molar-refractivity contribution in [2.24, 2.45) is 0 Å². The van der Waals surface area contributed by atoms with Crippen LogP contribution in [0.1, 0.15) is 19.4 Å². The Kier molecular flexibility index (Phi) is 3.72. The summed E-state index contributed by atoms with van der Waals surface area (Å²) in [6, 6.07) is 1.70. The van der Waals surface area contributed by atoms with Crippen LogP contribution in [0.4, 0.5) is 0 Å². The number of aromatic nitrogens is 4. The van der Waals surface area contributed by atoms with E-state index in [1.54, 1.807) is 22.9 Å². The summed E-state index contributed by atoms with van der Waals surface area (Å²) in [6.45, 7) is 1.78. The first-order chi connectivity index (χ1) is 8.08. The highest BCUT2D eigenvalue weighted by molar-refractivity contribution is 14.1. The number of halogens is 1. The Hall–Kier alpha value is -1.03. The molecule has 1 unspecified atom stereocenters. The Morgan fingerprint density at radius 3 is 3.06 bits per heavy atom. The SMILES string of the molecule is CC(CC(=O)O)n1nnnc1-c1csc(I)c1. The minimum atomic E-state index is -0.862. The van der Waals surface area contributed by atoms with Crippen molar-refractivity contribution in [1.82, 2.24) is 20.2 Å². The van der Waals surface area contributed by atoms with Crippen LogP contribution >= 0.6 is 33.9 Å². The molecule has 8 heteroatoms. The Morgan fingerprint density at radius 1 is 1.71 bits per heavy atom. The molecule has 1 N–H and O–H groups in total. The third-order valence-corrected chi connectivity index (χ3v) is 4.00. The van der Waals surface area contributed by atoms with E-state index < -0.39 is 5.97 Å². The number of aliphatic carboxylic acids is 1. The van der Waals surface area contributed by atoms with E-state index in [1.165, 1.54) is 0 Å². The smallest absolute Gasteiger partial charge is 0.305 e. The molecule has 0 bridgehead atoms. The van der Waals surface area contributed by atoms with Crippen molar-refractivity contribution in [3.05, 3.63) is 14.3 Å². The van der Waals surface area contributed by atoms with Crippen molar-refractivity contribution in [3.63, 3.8) is 0 Å². The van der Waals surface area contributed by atoms with Crippen molar-refractivity contribution in [2.45, 2.75) is 19.4 Å². The molecule has 2 rings (SSSR count). The maximum atomic E-state index is 10.7. The van der Waals surface area contributed by atoms with Crippen LogP contribution in [-0.4, -0.2) is 31.3 Å². The van der Waals surface area contributed by atoms with Gasteiger partial charge in [0.15, 0.2) is 5.82 Å². The van der Waals surface area contributed by atoms with Crippen LogP contribution < -0.4 is 0 Å². The highest BCUT2D eigenvalue weighted by atomic mass is 127. The van der Waals surface area contributed by atoms with E-state index in [4.69, 9.17) is 5.11 Å². The van der Waals surface area contributed by atoms with Gasteiger partial charge < -0.3 is 5.11 Å². The van der Waals surface area contributed by atoms with Gasteiger partial charge in [-0.05, 0) is 46.0 Å². The lowest BCUT2D eigenvalue weighted by molar-refractivity contribution is -0.137. The standard InChI is InChI=1S/C9H9IN4O2S/c1-5(2-8(15)16)14-9(11-12-13-14)6-3-7(10)17-4-6/h3-5H,2H2,1H3,(H,15,16).